The Morgan fingerprint density at radius 3 is 2.33 bits per heavy atom. The summed E-state index contributed by atoms with van der Waals surface area (Å²) < 4.78 is 24.9. The highest BCUT2D eigenvalue weighted by Crippen LogP contribution is 2.12. The first-order valence-electron chi connectivity index (χ1n) is 6.67. The largest absolute Gasteiger partial charge is 0.355 e. The van der Waals surface area contributed by atoms with E-state index in [0.29, 0.717) is 5.02 Å². The fraction of sp³-hybridized carbons (Fsp3) is 0.500. The van der Waals surface area contributed by atoms with E-state index in [4.69, 9.17) is 11.6 Å². The average molecular weight is 333 g/mol. The molecule has 0 saturated carbocycles. The predicted octanol–water partition coefficient (Wildman–Crippen LogP) is 1.87. The van der Waals surface area contributed by atoms with Gasteiger partial charge in [0.05, 0.1) is 6.26 Å². The molecule has 0 aliphatic rings. The number of halogens is 1. The molecule has 21 heavy (non-hydrogen) atoms. The summed E-state index contributed by atoms with van der Waals surface area (Å²) in [5.41, 5.74) is 0.847. The number of sulfonamides is 1. The number of rotatable bonds is 7. The Morgan fingerprint density at radius 1 is 1.29 bits per heavy atom. The summed E-state index contributed by atoms with van der Waals surface area (Å²) in [6.07, 6.45) is 1.16. The number of benzene rings is 1. The Hall–Kier alpha value is -1.11. The van der Waals surface area contributed by atoms with E-state index in [0.717, 1.165) is 11.8 Å². The lowest BCUT2D eigenvalue weighted by Gasteiger charge is -2.20. The van der Waals surface area contributed by atoms with Crippen LogP contribution in [0.3, 0.4) is 0 Å². The molecule has 0 fully saturated rings. The molecule has 0 atom stereocenters. The van der Waals surface area contributed by atoms with Gasteiger partial charge in [0.25, 0.3) is 0 Å². The zero-order valence-electron chi connectivity index (χ0n) is 12.5. The smallest absolute Gasteiger partial charge is 0.222 e. The molecular weight excluding hydrogens is 312 g/mol. The molecule has 1 amide bonds. The first-order chi connectivity index (χ1) is 9.70. The summed E-state index contributed by atoms with van der Waals surface area (Å²) in [5, 5.41) is 3.32. The number of nitrogens with one attached hydrogen (secondary N) is 1. The van der Waals surface area contributed by atoms with Gasteiger partial charge in [-0.1, -0.05) is 37.6 Å². The molecule has 0 bridgehead atoms. The van der Waals surface area contributed by atoms with Gasteiger partial charge in [0.15, 0.2) is 0 Å². The molecule has 0 aliphatic carbocycles. The van der Waals surface area contributed by atoms with Gasteiger partial charge in [0, 0.05) is 30.6 Å². The Labute approximate surface area is 131 Å². The maximum Gasteiger partial charge on any atom is 0.222 e. The normalized spacial score (nSPS) is 11.9. The Kier molecular flexibility index (Phi) is 6.64. The van der Waals surface area contributed by atoms with Crippen LogP contribution in [0.2, 0.25) is 5.02 Å². The van der Waals surface area contributed by atoms with Crippen molar-refractivity contribution >= 4 is 27.5 Å². The van der Waals surface area contributed by atoms with Crippen molar-refractivity contribution in [2.45, 2.75) is 20.4 Å². The first kappa shape index (κ1) is 17.9. The zero-order valence-corrected chi connectivity index (χ0v) is 14.0. The third kappa shape index (κ3) is 6.46. The lowest BCUT2D eigenvalue weighted by Crippen LogP contribution is -2.38. The highest BCUT2D eigenvalue weighted by molar-refractivity contribution is 7.88. The number of carbonyl (C=O) groups is 1. The predicted molar refractivity (Wildman–Crippen MR) is 84.6 cm³/mol. The second-order valence-electron chi connectivity index (χ2n) is 5.17. The standard InChI is InChI=1S/C14H21ClN2O3S/c1-11(2)14(18)16-8-9-17(21(3,19)20)10-12-4-6-13(15)7-5-12/h4-7,11H,8-10H2,1-3H3,(H,16,18). The van der Waals surface area contributed by atoms with Crippen molar-refractivity contribution in [2.24, 2.45) is 5.92 Å². The van der Waals surface area contributed by atoms with Crippen molar-refractivity contribution in [3.8, 4) is 0 Å². The van der Waals surface area contributed by atoms with Crippen molar-refractivity contribution in [3.05, 3.63) is 34.9 Å². The van der Waals surface area contributed by atoms with E-state index >= 15 is 0 Å². The maximum atomic E-state index is 11.8. The SMILES string of the molecule is CC(C)C(=O)NCCN(Cc1ccc(Cl)cc1)S(C)(=O)=O. The number of nitrogens with zero attached hydrogens (tertiary/aromatic N) is 1. The number of carbonyl (C=O) groups excluding carboxylic acids is 1. The van der Waals surface area contributed by atoms with E-state index < -0.39 is 10.0 Å². The lowest BCUT2D eigenvalue weighted by molar-refractivity contribution is -0.123. The fourth-order valence-electron chi connectivity index (χ4n) is 1.66. The molecule has 1 rings (SSSR count). The molecule has 0 heterocycles. The van der Waals surface area contributed by atoms with E-state index in [9.17, 15) is 13.2 Å². The third-order valence-corrected chi connectivity index (χ3v) is 4.43. The van der Waals surface area contributed by atoms with Crippen molar-refractivity contribution in [1.29, 1.82) is 0 Å². The Bertz CT molecular complexity index is 570. The van der Waals surface area contributed by atoms with E-state index in [1.807, 2.05) is 0 Å². The topological polar surface area (TPSA) is 66.5 Å². The van der Waals surface area contributed by atoms with Gasteiger partial charge < -0.3 is 5.32 Å². The molecule has 0 saturated heterocycles. The van der Waals surface area contributed by atoms with Gasteiger partial charge in [0.1, 0.15) is 0 Å². The third-order valence-electron chi connectivity index (χ3n) is 2.93. The summed E-state index contributed by atoms with van der Waals surface area (Å²) in [4.78, 5) is 11.5. The second-order valence-corrected chi connectivity index (χ2v) is 7.59. The highest BCUT2D eigenvalue weighted by Gasteiger charge is 2.17. The van der Waals surface area contributed by atoms with E-state index in [1.54, 1.807) is 38.1 Å². The second kappa shape index (κ2) is 7.77. The van der Waals surface area contributed by atoms with E-state index in [-0.39, 0.29) is 31.5 Å². The van der Waals surface area contributed by atoms with Crippen LogP contribution < -0.4 is 5.32 Å². The van der Waals surface area contributed by atoms with Gasteiger partial charge in [-0.05, 0) is 17.7 Å². The monoisotopic (exact) mass is 332 g/mol. The Balaban J connectivity index is 2.65. The van der Waals surface area contributed by atoms with E-state index in [1.165, 1.54) is 4.31 Å². The number of hydrogen-bond acceptors (Lipinski definition) is 3. The first-order valence-corrected chi connectivity index (χ1v) is 8.90. The van der Waals surface area contributed by atoms with Crippen LogP contribution in [-0.2, 0) is 21.4 Å². The minimum Gasteiger partial charge on any atom is -0.355 e. The molecule has 0 unspecified atom stereocenters. The molecule has 1 N–H and O–H groups in total. The average Bonchev–Trinajstić information content (AvgIpc) is 2.38. The molecule has 0 radical (unpaired) electrons. The van der Waals surface area contributed by atoms with Crippen molar-refractivity contribution in [2.75, 3.05) is 19.3 Å². The molecule has 5 nitrogen and oxygen atoms in total. The van der Waals surface area contributed by atoms with Crippen LogP contribution in [0.5, 0.6) is 0 Å². The molecule has 118 valence electrons. The van der Waals surface area contributed by atoms with Crippen molar-refractivity contribution < 1.29 is 13.2 Å². The number of hydrogen-bond donors (Lipinski definition) is 1. The molecular formula is C14H21ClN2O3S. The van der Waals surface area contributed by atoms with Gasteiger partial charge in [-0.15, -0.1) is 0 Å². The van der Waals surface area contributed by atoms with Gasteiger partial charge in [-0.3, -0.25) is 4.79 Å². The Morgan fingerprint density at radius 2 is 1.86 bits per heavy atom. The summed E-state index contributed by atoms with van der Waals surface area (Å²) >= 11 is 5.81. The maximum absolute atomic E-state index is 11.8. The minimum atomic E-state index is -3.34. The molecule has 1 aromatic rings. The fourth-order valence-corrected chi connectivity index (χ4v) is 2.60. The van der Waals surface area contributed by atoms with Gasteiger partial charge >= 0.3 is 0 Å². The zero-order chi connectivity index (χ0) is 16.0. The van der Waals surface area contributed by atoms with Crippen LogP contribution in [0.1, 0.15) is 19.4 Å². The summed E-state index contributed by atoms with van der Waals surface area (Å²) in [5.74, 6) is -0.206. The van der Waals surface area contributed by atoms with Crippen LogP contribution in [0.25, 0.3) is 0 Å². The van der Waals surface area contributed by atoms with Gasteiger partial charge in [-0.2, -0.15) is 4.31 Å². The van der Waals surface area contributed by atoms with Gasteiger partial charge in [-0.25, -0.2) is 8.42 Å². The van der Waals surface area contributed by atoms with E-state index in [2.05, 4.69) is 5.32 Å². The molecule has 0 aliphatic heterocycles. The van der Waals surface area contributed by atoms with Crippen molar-refractivity contribution in [3.63, 3.8) is 0 Å². The summed E-state index contributed by atoms with van der Waals surface area (Å²) in [6.45, 7) is 4.36. The molecule has 0 aromatic heterocycles. The lowest BCUT2D eigenvalue weighted by atomic mass is 10.2. The molecule has 1 aromatic carbocycles. The van der Waals surface area contributed by atoms with Crippen LogP contribution in [-0.4, -0.2) is 38.0 Å². The van der Waals surface area contributed by atoms with Crippen LogP contribution in [0.4, 0.5) is 0 Å². The van der Waals surface area contributed by atoms with Crippen LogP contribution >= 0.6 is 11.6 Å². The summed E-state index contributed by atoms with van der Waals surface area (Å²) in [6, 6.07) is 7.01. The highest BCUT2D eigenvalue weighted by atomic mass is 35.5. The van der Waals surface area contributed by atoms with Crippen LogP contribution in [0.15, 0.2) is 24.3 Å². The summed E-state index contributed by atoms with van der Waals surface area (Å²) in [7, 11) is -3.34. The minimum absolute atomic E-state index is 0.0880. The quantitative estimate of drug-likeness (QED) is 0.829. The van der Waals surface area contributed by atoms with Gasteiger partial charge in [0.2, 0.25) is 15.9 Å². The number of amides is 1. The molecule has 0 spiro atoms. The van der Waals surface area contributed by atoms with Crippen molar-refractivity contribution in [1.82, 2.24) is 9.62 Å². The molecule has 7 heteroatoms. The van der Waals surface area contributed by atoms with Crippen LogP contribution in [0, 0.1) is 5.92 Å².